The van der Waals surface area contributed by atoms with Gasteiger partial charge in [-0.1, -0.05) is 6.92 Å². The molecule has 116 valence electrons. The number of hydrogen-bond acceptors (Lipinski definition) is 4. The number of likely N-dealkylation sites (N-methyl/N-ethyl adjacent to an activating group) is 1. The zero-order valence-corrected chi connectivity index (χ0v) is 13.7. The molecular formula is C16H30N2O2. The predicted molar refractivity (Wildman–Crippen MR) is 82.9 cm³/mol. The molecular weight excluding hydrogens is 252 g/mol. The SMILES string of the molecule is CCCNCc1oc(CN(C)CCOC(C)C)cc1C. The van der Waals surface area contributed by atoms with Crippen LogP contribution in [0.15, 0.2) is 10.5 Å². The van der Waals surface area contributed by atoms with Gasteiger partial charge in [-0.25, -0.2) is 0 Å². The normalized spacial score (nSPS) is 11.8. The van der Waals surface area contributed by atoms with Crippen molar-refractivity contribution in [2.24, 2.45) is 0 Å². The Morgan fingerprint density at radius 3 is 2.80 bits per heavy atom. The smallest absolute Gasteiger partial charge is 0.120 e. The lowest BCUT2D eigenvalue weighted by Crippen LogP contribution is -2.23. The molecule has 1 heterocycles. The standard InChI is InChI=1S/C16H30N2O2/c1-6-7-17-11-16-14(4)10-15(20-16)12-18(5)8-9-19-13(2)3/h10,13,17H,6-9,11-12H2,1-5H3. The second-order valence-corrected chi connectivity index (χ2v) is 5.65. The molecule has 0 radical (unpaired) electrons. The van der Waals surface area contributed by atoms with Gasteiger partial charge >= 0.3 is 0 Å². The average molecular weight is 282 g/mol. The lowest BCUT2D eigenvalue weighted by Gasteiger charge is -2.16. The summed E-state index contributed by atoms with van der Waals surface area (Å²) < 4.78 is 11.5. The molecule has 4 heteroatoms. The Hall–Kier alpha value is -0.840. The minimum absolute atomic E-state index is 0.297. The van der Waals surface area contributed by atoms with Gasteiger partial charge in [0.2, 0.25) is 0 Å². The van der Waals surface area contributed by atoms with E-state index >= 15 is 0 Å². The topological polar surface area (TPSA) is 37.6 Å². The Morgan fingerprint density at radius 2 is 2.15 bits per heavy atom. The molecule has 0 bridgehead atoms. The zero-order chi connectivity index (χ0) is 15.0. The van der Waals surface area contributed by atoms with Crippen molar-refractivity contribution in [3.05, 3.63) is 23.2 Å². The number of rotatable bonds is 10. The number of ether oxygens (including phenoxy) is 1. The maximum Gasteiger partial charge on any atom is 0.120 e. The third-order valence-corrected chi connectivity index (χ3v) is 3.13. The van der Waals surface area contributed by atoms with Crippen LogP contribution in [0.5, 0.6) is 0 Å². The molecule has 1 aromatic heterocycles. The molecule has 1 N–H and O–H groups in total. The highest BCUT2D eigenvalue weighted by Crippen LogP contribution is 2.15. The summed E-state index contributed by atoms with van der Waals surface area (Å²) in [4.78, 5) is 2.23. The molecule has 20 heavy (non-hydrogen) atoms. The van der Waals surface area contributed by atoms with Crippen molar-refractivity contribution < 1.29 is 9.15 Å². The van der Waals surface area contributed by atoms with Crippen LogP contribution in [0.25, 0.3) is 0 Å². The van der Waals surface area contributed by atoms with Gasteiger partial charge in [-0.15, -0.1) is 0 Å². The summed E-state index contributed by atoms with van der Waals surface area (Å²) in [6.45, 7) is 12.8. The molecule has 0 saturated heterocycles. The van der Waals surface area contributed by atoms with Crippen LogP contribution in [-0.2, 0) is 17.8 Å². The fourth-order valence-electron chi connectivity index (χ4n) is 2.01. The van der Waals surface area contributed by atoms with Gasteiger partial charge < -0.3 is 14.5 Å². The highest BCUT2D eigenvalue weighted by atomic mass is 16.5. The monoisotopic (exact) mass is 282 g/mol. The van der Waals surface area contributed by atoms with Crippen molar-refractivity contribution in [3.8, 4) is 0 Å². The largest absolute Gasteiger partial charge is 0.463 e. The number of nitrogens with one attached hydrogen (secondary N) is 1. The Balaban J connectivity index is 2.37. The number of aryl methyl sites for hydroxylation is 1. The van der Waals surface area contributed by atoms with E-state index in [1.165, 1.54) is 5.56 Å². The van der Waals surface area contributed by atoms with Gasteiger partial charge in [0.15, 0.2) is 0 Å². The molecule has 0 atom stereocenters. The lowest BCUT2D eigenvalue weighted by molar-refractivity contribution is 0.0616. The highest BCUT2D eigenvalue weighted by molar-refractivity contribution is 5.20. The molecule has 0 fully saturated rings. The lowest BCUT2D eigenvalue weighted by atomic mass is 10.2. The zero-order valence-electron chi connectivity index (χ0n) is 13.7. The summed E-state index contributed by atoms with van der Waals surface area (Å²) >= 11 is 0. The van der Waals surface area contributed by atoms with Gasteiger partial charge in [0, 0.05) is 6.54 Å². The summed E-state index contributed by atoms with van der Waals surface area (Å²) in [6, 6.07) is 2.14. The van der Waals surface area contributed by atoms with Crippen LogP contribution >= 0.6 is 0 Å². The molecule has 1 rings (SSSR count). The van der Waals surface area contributed by atoms with E-state index in [0.29, 0.717) is 6.10 Å². The molecule has 0 aliphatic heterocycles. The molecule has 4 nitrogen and oxygen atoms in total. The van der Waals surface area contributed by atoms with E-state index in [-0.39, 0.29) is 0 Å². The van der Waals surface area contributed by atoms with E-state index in [4.69, 9.17) is 9.15 Å². The number of nitrogens with zero attached hydrogens (tertiary/aromatic N) is 1. The summed E-state index contributed by atoms with van der Waals surface area (Å²) in [5, 5.41) is 3.38. The quantitative estimate of drug-likeness (QED) is 0.670. The summed E-state index contributed by atoms with van der Waals surface area (Å²) in [5.41, 5.74) is 1.23. The Labute approximate surface area is 123 Å². The first-order chi connectivity index (χ1) is 9.52. The first-order valence-electron chi connectivity index (χ1n) is 7.62. The van der Waals surface area contributed by atoms with Crippen molar-refractivity contribution in [2.75, 3.05) is 26.7 Å². The van der Waals surface area contributed by atoms with Crippen LogP contribution in [0.1, 0.15) is 44.3 Å². The maximum absolute atomic E-state index is 5.91. The van der Waals surface area contributed by atoms with Gasteiger partial charge in [-0.05, 0) is 52.4 Å². The van der Waals surface area contributed by atoms with Gasteiger partial charge in [0.25, 0.3) is 0 Å². The van der Waals surface area contributed by atoms with E-state index in [0.717, 1.165) is 50.7 Å². The molecule has 0 saturated carbocycles. The third kappa shape index (κ3) is 6.55. The van der Waals surface area contributed by atoms with Crippen LogP contribution in [0, 0.1) is 6.92 Å². The average Bonchev–Trinajstić information content (AvgIpc) is 2.69. The summed E-state index contributed by atoms with van der Waals surface area (Å²) in [7, 11) is 2.09. The second kappa shape index (κ2) is 9.16. The van der Waals surface area contributed by atoms with Crippen LogP contribution in [0.4, 0.5) is 0 Å². The fraction of sp³-hybridized carbons (Fsp3) is 0.750. The summed E-state index contributed by atoms with van der Waals surface area (Å²) in [5.74, 6) is 2.09. The second-order valence-electron chi connectivity index (χ2n) is 5.65. The van der Waals surface area contributed by atoms with Crippen LogP contribution in [-0.4, -0.2) is 37.7 Å². The minimum atomic E-state index is 0.297. The van der Waals surface area contributed by atoms with E-state index in [9.17, 15) is 0 Å². The molecule has 0 aliphatic carbocycles. The molecule has 1 aromatic rings. The molecule has 0 unspecified atom stereocenters. The van der Waals surface area contributed by atoms with Gasteiger partial charge in [0.1, 0.15) is 11.5 Å². The van der Waals surface area contributed by atoms with E-state index in [2.05, 4.69) is 51.0 Å². The van der Waals surface area contributed by atoms with Gasteiger partial charge in [0.05, 0.1) is 25.8 Å². The fourth-order valence-corrected chi connectivity index (χ4v) is 2.01. The van der Waals surface area contributed by atoms with E-state index < -0.39 is 0 Å². The van der Waals surface area contributed by atoms with Crippen molar-refractivity contribution in [2.45, 2.75) is 53.3 Å². The maximum atomic E-state index is 5.91. The van der Waals surface area contributed by atoms with Crippen molar-refractivity contribution in [3.63, 3.8) is 0 Å². The van der Waals surface area contributed by atoms with E-state index in [1.807, 2.05) is 0 Å². The predicted octanol–water partition coefficient (Wildman–Crippen LogP) is 2.94. The van der Waals surface area contributed by atoms with Crippen molar-refractivity contribution in [1.29, 1.82) is 0 Å². The van der Waals surface area contributed by atoms with Gasteiger partial charge in [-0.2, -0.15) is 0 Å². The Kier molecular flexibility index (Phi) is 7.88. The van der Waals surface area contributed by atoms with Crippen LogP contribution in [0.3, 0.4) is 0 Å². The molecule has 0 aliphatic rings. The van der Waals surface area contributed by atoms with Crippen LogP contribution < -0.4 is 5.32 Å². The first kappa shape index (κ1) is 17.2. The molecule has 0 aromatic carbocycles. The van der Waals surface area contributed by atoms with Crippen LogP contribution in [0.2, 0.25) is 0 Å². The molecule has 0 amide bonds. The van der Waals surface area contributed by atoms with E-state index in [1.54, 1.807) is 0 Å². The number of furan rings is 1. The minimum Gasteiger partial charge on any atom is -0.463 e. The van der Waals surface area contributed by atoms with Crippen molar-refractivity contribution in [1.82, 2.24) is 10.2 Å². The summed E-state index contributed by atoms with van der Waals surface area (Å²) in [6.07, 6.45) is 1.44. The third-order valence-electron chi connectivity index (χ3n) is 3.13. The Morgan fingerprint density at radius 1 is 1.40 bits per heavy atom. The first-order valence-corrected chi connectivity index (χ1v) is 7.62. The van der Waals surface area contributed by atoms with Gasteiger partial charge in [-0.3, -0.25) is 4.90 Å². The van der Waals surface area contributed by atoms with Crippen molar-refractivity contribution >= 4 is 0 Å². The molecule has 0 spiro atoms. The Bertz CT molecular complexity index is 375. The number of hydrogen-bond donors (Lipinski definition) is 1. The highest BCUT2D eigenvalue weighted by Gasteiger charge is 2.09.